The molecule has 1 aromatic carbocycles. The molecule has 0 bridgehead atoms. The lowest BCUT2D eigenvalue weighted by atomic mass is 10.1. The molecule has 1 amide bonds. The van der Waals surface area contributed by atoms with E-state index in [2.05, 4.69) is 34.7 Å². The first-order chi connectivity index (χ1) is 15.0. The van der Waals surface area contributed by atoms with Gasteiger partial charge in [0.05, 0.1) is 5.69 Å². The molecular weight excluding hydrogens is 426 g/mol. The predicted octanol–water partition coefficient (Wildman–Crippen LogP) is 5.94. The lowest BCUT2D eigenvalue weighted by Crippen LogP contribution is -2.26. The van der Waals surface area contributed by atoms with Gasteiger partial charge in [0.25, 0.3) is 5.91 Å². The van der Waals surface area contributed by atoms with Gasteiger partial charge in [-0.05, 0) is 57.4 Å². The van der Waals surface area contributed by atoms with Crippen molar-refractivity contribution in [2.75, 3.05) is 5.32 Å². The monoisotopic (exact) mass is 453 g/mol. The molecule has 8 heteroatoms. The molecule has 0 saturated heterocycles. The minimum absolute atomic E-state index is 0.0261. The largest absolute Gasteiger partial charge is 0.456 e. The lowest BCUT2D eigenvalue weighted by molar-refractivity contribution is 0.00662. The van der Waals surface area contributed by atoms with E-state index in [9.17, 15) is 9.59 Å². The summed E-state index contributed by atoms with van der Waals surface area (Å²) >= 11 is 1.59. The van der Waals surface area contributed by atoms with Gasteiger partial charge >= 0.3 is 5.97 Å². The molecule has 0 atom stereocenters. The number of hydrogen-bond donors (Lipinski definition) is 1. The van der Waals surface area contributed by atoms with Gasteiger partial charge in [-0.25, -0.2) is 9.78 Å². The van der Waals surface area contributed by atoms with Gasteiger partial charge in [-0.15, -0.1) is 11.3 Å². The van der Waals surface area contributed by atoms with E-state index in [1.807, 2.05) is 30.4 Å². The summed E-state index contributed by atoms with van der Waals surface area (Å²) in [7, 11) is 0. The first kappa shape index (κ1) is 23.4. The number of carbonyl (C=O) groups excluding carboxylic acids is 2. The van der Waals surface area contributed by atoms with E-state index < -0.39 is 17.5 Å². The molecule has 168 valence electrons. The van der Waals surface area contributed by atoms with Gasteiger partial charge in [0, 0.05) is 11.1 Å². The zero-order chi connectivity index (χ0) is 23.5. The van der Waals surface area contributed by atoms with Gasteiger partial charge in [0.1, 0.15) is 21.9 Å². The van der Waals surface area contributed by atoms with Crippen LogP contribution < -0.4 is 5.32 Å². The highest BCUT2D eigenvalue weighted by molar-refractivity contribution is 7.10. The highest BCUT2D eigenvalue weighted by Gasteiger charge is 2.29. The van der Waals surface area contributed by atoms with Crippen molar-refractivity contribution in [2.24, 2.45) is 0 Å². The number of nitrogens with one attached hydrogen (secondary N) is 1. The van der Waals surface area contributed by atoms with Crippen LogP contribution in [0.3, 0.4) is 0 Å². The van der Waals surface area contributed by atoms with E-state index in [0.29, 0.717) is 11.6 Å². The average molecular weight is 454 g/mol. The van der Waals surface area contributed by atoms with E-state index in [-0.39, 0.29) is 17.0 Å². The van der Waals surface area contributed by atoms with Crippen molar-refractivity contribution in [3.8, 4) is 0 Å². The second kappa shape index (κ2) is 9.48. The fourth-order valence-corrected chi connectivity index (χ4v) is 3.69. The summed E-state index contributed by atoms with van der Waals surface area (Å²) in [5, 5.41) is 9.52. The summed E-state index contributed by atoms with van der Waals surface area (Å²) < 4.78 is 10.5. The molecule has 0 aliphatic carbocycles. The molecule has 7 nitrogen and oxygen atoms in total. The van der Waals surface area contributed by atoms with Crippen LogP contribution in [0.1, 0.15) is 83.4 Å². The predicted molar refractivity (Wildman–Crippen MR) is 126 cm³/mol. The van der Waals surface area contributed by atoms with Gasteiger partial charge < -0.3 is 14.6 Å². The Bertz CT molecular complexity index is 1150. The molecule has 0 radical (unpaired) electrons. The molecular formula is C24H27N3O4S. The van der Waals surface area contributed by atoms with E-state index in [1.165, 1.54) is 0 Å². The molecule has 1 N–H and O–H groups in total. The molecule has 0 unspecified atom stereocenters. The summed E-state index contributed by atoms with van der Waals surface area (Å²) in [6.07, 6.45) is 3.88. The van der Waals surface area contributed by atoms with Gasteiger partial charge in [-0.3, -0.25) is 4.79 Å². The topological polar surface area (TPSA) is 94.3 Å². The standard InChI is InChI=1S/C24H27N3O4S/c1-14(2)18-13-32-19(26-18)11-10-16-8-7-9-17(12-16)25-22(28)21-20(15(3)31-27-21)23(29)30-24(4,5)6/h7-14H,1-6H3,(H,25,28). The molecule has 0 aliphatic rings. The molecule has 0 spiro atoms. The highest BCUT2D eigenvalue weighted by atomic mass is 32.1. The Morgan fingerprint density at radius 2 is 1.97 bits per heavy atom. The van der Waals surface area contributed by atoms with E-state index in [4.69, 9.17) is 9.26 Å². The van der Waals surface area contributed by atoms with Crippen molar-refractivity contribution in [2.45, 2.75) is 53.1 Å². The zero-order valence-electron chi connectivity index (χ0n) is 19.1. The lowest BCUT2D eigenvalue weighted by Gasteiger charge is -2.19. The van der Waals surface area contributed by atoms with E-state index in [0.717, 1.165) is 16.3 Å². The number of thiazole rings is 1. The number of anilines is 1. The van der Waals surface area contributed by atoms with Crippen molar-refractivity contribution in [1.29, 1.82) is 0 Å². The van der Waals surface area contributed by atoms with Gasteiger partial charge in [0.2, 0.25) is 0 Å². The smallest absolute Gasteiger partial charge is 0.344 e. The van der Waals surface area contributed by atoms with Crippen LogP contribution in [0.4, 0.5) is 5.69 Å². The molecule has 0 aliphatic heterocycles. The molecule has 3 aromatic rings. The summed E-state index contributed by atoms with van der Waals surface area (Å²) in [6.45, 7) is 11.0. The quantitative estimate of drug-likeness (QED) is 0.464. The van der Waals surface area contributed by atoms with Crippen LogP contribution in [-0.2, 0) is 4.74 Å². The molecule has 32 heavy (non-hydrogen) atoms. The summed E-state index contributed by atoms with van der Waals surface area (Å²) in [4.78, 5) is 29.9. The number of aromatic nitrogens is 2. The zero-order valence-corrected chi connectivity index (χ0v) is 19.9. The molecule has 0 saturated carbocycles. The first-order valence-electron chi connectivity index (χ1n) is 10.3. The van der Waals surface area contributed by atoms with E-state index >= 15 is 0 Å². The fourth-order valence-electron chi connectivity index (χ4n) is 2.82. The number of benzene rings is 1. The number of aryl methyl sites for hydroxylation is 1. The highest BCUT2D eigenvalue weighted by Crippen LogP contribution is 2.22. The van der Waals surface area contributed by atoms with Crippen molar-refractivity contribution in [1.82, 2.24) is 10.1 Å². The SMILES string of the molecule is Cc1onc(C(=O)Nc2cccc(C=Cc3nc(C(C)C)cs3)c2)c1C(=O)OC(C)(C)C. The number of rotatable bonds is 6. The van der Waals surface area contributed by atoms with Crippen molar-refractivity contribution in [3.05, 3.63) is 62.9 Å². The van der Waals surface area contributed by atoms with Gasteiger partial charge in [-0.2, -0.15) is 0 Å². The fraction of sp³-hybridized carbons (Fsp3) is 0.333. The van der Waals surface area contributed by atoms with Crippen LogP contribution >= 0.6 is 11.3 Å². The third-order valence-corrected chi connectivity index (χ3v) is 5.20. The number of esters is 1. The molecule has 2 heterocycles. The molecule has 0 fully saturated rings. The van der Waals surface area contributed by atoms with Crippen molar-refractivity contribution in [3.63, 3.8) is 0 Å². The minimum Gasteiger partial charge on any atom is -0.456 e. The summed E-state index contributed by atoms with van der Waals surface area (Å²) in [5.74, 6) is -0.587. The normalized spacial score (nSPS) is 11.8. The second-order valence-electron chi connectivity index (χ2n) is 8.64. The Labute approximate surface area is 191 Å². The third-order valence-electron chi connectivity index (χ3n) is 4.37. The number of ether oxygens (including phenoxy) is 1. The van der Waals surface area contributed by atoms with Crippen LogP contribution in [0.15, 0.2) is 34.2 Å². The third kappa shape index (κ3) is 5.91. The summed E-state index contributed by atoms with van der Waals surface area (Å²) in [5.41, 5.74) is 1.74. The van der Waals surface area contributed by atoms with Crippen molar-refractivity contribution >= 4 is 41.1 Å². The number of amides is 1. The van der Waals surface area contributed by atoms with Gasteiger partial charge in [-0.1, -0.05) is 37.2 Å². The minimum atomic E-state index is -0.706. The summed E-state index contributed by atoms with van der Waals surface area (Å²) in [6, 6.07) is 7.34. The van der Waals surface area contributed by atoms with Crippen LogP contribution in [-0.4, -0.2) is 27.6 Å². The van der Waals surface area contributed by atoms with E-state index in [1.54, 1.807) is 45.1 Å². The maximum Gasteiger partial charge on any atom is 0.344 e. The van der Waals surface area contributed by atoms with Crippen LogP contribution in [0, 0.1) is 6.92 Å². The van der Waals surface area contributed by atoms with Crippen molar-refractivity contribution < 1.29 is 18.8 Å². The van der Waals surface area contributed by atoms with Gasteiger partial charge in [0.15, 0.2) is 5.69 Å². The number of carbonyl (C=O) groups is 2. The first-order valence-corrected chi connectivity index (χ1v) is 11.2. The maximum atomic E-state index is 12.8. The number of hydrogen-bond acceptors (Lipinski definition) is 7. The molecule has 3 rings (SSSR count). The average Bonchev–Trinajstić information content (AvgIpc) is 3.32. The maximum absolute atomic E-state index is 12.8. The second-order valence-corrected chi connectivity index (χ2v) is 9.53. The Balaban J connectivity index is 1.75. The van der Waals surface area contributed by atoms with Crippen LogP contribution in [0.5, 0.6) is 0 Å². The Kier molecular flexibility index (Phi) is 6.93. The molecule has 2 aromatic heterocycles. The van der Waals surface area contributed by atoms with Crippen LogP contribution in [0.2, 0.25) is 0 Å². The number of nitrogens with zero attached hydrogens (tertiary/aromatic N) is 2. The Morgan fingerprint density at radius 1 is 1.22 bits per heavy atom. The van der Waals surface area contributed by atoms with Crippen LogP contribution in [0.25, 0.3) is 12.2 Å². The Morgan fingerprint density at radius 3 is 2.62 bits per heavy atom. The Hall–Kier alpha value is -3.26.